The lowest BCUT2D eigenvalue weighted by Gasteiger charge is -2.19. The van der Waals surface area contributed by atoms with Crippen LogP contribution >= 0.6 is 0 Å². The van der Waals surface area contributed by atoms with E-state index in [0.29, 0.717) is 47.6 Å². The molecule has 1 fully saturated rings. The van der Waals surface area contributed by atoms with Crippen LogP contribution < -0.4 is 14.2 Å². The van der Waals surface area contributed by atoms with Crippen LogP contribution in [0.25, 0.3) is 11.5 Å². The van der Waals surface area contributed by atoms with Gasteiger partial charge in [-0.1, -0.05) is 17.3 Å². The number of aryl methyl sites for hydroxylation is 1. The molecule has 2 heterocycles. The predicted molar refractivity (Wildman–Crippen MR) is 109 cm³/mol. The first kappa shape index (κ1) is 19.8. The number of carbonyl (C=O) groups excluding carboxylic acids is 1. The van der Waals surface area contributed by atoms with E-state index in [1.165, 1.54) is 7.11 Å². The van der Waals surface area contributed by atoms with Gasteiger partial charge in [-0.05, 0) is 31.2 Å². The lowest BCUT2D eigenvalue weighted by atomic mass is 10.1. The van der Waals surface area contributed by atoms with E-state index in [0.717, 1.165) is 12.0 Å². The van der Waals surface area contributed by atoms with Crippen LogP contribution in [0.1, 0.15) is 22.6 Å². The van der Waals surface area contributed by atoms with Crippen molar-refractivity contribution in [3.63, 3.8) is 0 Å². The number of rotatable bonds is 6. The highest BCUT2D eigenvalue weighted by molar-refractivity contribution is 5.97. The Hall–Kier alpha value is -3.55. The van der Waals surface area contributed by atoms with E-state index >= 15 is 0 Å². The average Bonchev–Trinajstić information content (AvgIpc) is 3.42. The maximum absolute atomic E-state index is 13.0. The second-order valence-electron chi connectivity index (χ2n) is 6.99. The minimum atomic E-state index is -0.136. The van der Waals surface area contributed by atoms with Crippen LogP contribution in [0.15, 0.2) is 47.0 Å². The van der Waals surface area contributed by atoms with Gasteiger partial charge in [0.25, 0.3) is 11.8 Å². The molecule has 3 aromatic rings. The van der Waals surface area contributed by atoms with Crippen LogP contribution in [-0.2, 0) is 0 Å². The lowest BCUT2D eigenvalue weighted by molar-refractivity contribution is 0.0769. The molecular formula is C22H23N3O5. The van der Waals surface area contributed by atoms with Gasteiger partial charge in [0.2, 0.25) is 0 Å². The predicted octanol–water partition coefficient (Wildman–Crippen LogP) is 3.36. The zero-order valence-corrected chi connectivity index (χ0v) is 17.1. The monoisotopic (exact) mass is 409 g/mol. The third-order valence-electron chi connectivity index (χ3n) is 5.01. The minimum absolute atomic E-state index is 0.0959. The molecule has 1 unspecified atom stereocenters. The summed E-state index contributed by atoms with van der Waals surface area (Å²) >= 11 is 0. The number of hydrogen-bond acceptors (Lipinski definition) is 7. The molecule has 156 valence electrons. The highest BCUT2D eigenvalue weighted by Gasteiger charge is 2.30. The molecule has 0 aliphatic carbocycles. The second kappa shape index (κ2) is 8.44. The van der Waals surface area contributed by atoms with Crippen molar-refractivity contribution in [2.75, 3.05) is 27.3 Å². The van der Waals surface area contributed by atoms with Gasteiger partial charge in [-0.3, -0.25) is 4.79 Å². The number of ether oxygens (including phenoxy) is 3. The van der Waals surface area contributed by atoms with Gasteiger partial charge in [0.15, 0.2) is 5.82 Å². The molecule has 1 atom stereocenters. The summed E-state index contributed by atoms with van der Waals surface area (Å²) in [5.41, 5.74) is 1.24. The number of carbonyl (C=O) groups is 1. The van der Waals surface area contributed by atoms with Gasteiger partial charge >= 0.3 is 0 Å². The number of aromatic nitrogens is 2. The zero-order chi connectivity index (χ0) is 21.1. The van der Waals surface area contributed by atoms with E-state index in [9.17, 15) is 4.79 Å². The molecule has 2 aromatic carbocycles. The second-order valence-corrected chi connectivity index (χ2v) is 6.99. The molecule has 30 heavy (non-hydrogen) atoms. The maximum Gasteiger partial charge on any atom is 0.261 e. The van der Waals surface area contributed by atoms with Crippen LogP contribution in [0.2, 0.25) is 0 Å². The number of hydrogen-bond donors (Lipinski definition) is 0. The van der Waals surface area contributed by atoms with Gasteiger partial charge in [0.05, 0.1) is 31.9 Å². The van der Waals surface area contributed by atoms with Crippen molar-refractivity contribution in [1.82, 2.24) is 15.0 Å². The summed E-state index contributed by atoms with van der Waals surface area (Å²) in [6.07, 6.45) is 0.588. The number of amides is 1. The SMILES string of the molecule is COc1ccc(C(=O)N2CCC(Oc3ccccc3-c3nc(C)no3)C2)c(OC)c1. The van der Waals surface area contributed by atoms with Gasteiger partial charge in [0, 0.05) is 19.0 Å². The number of methoxy groups -OCH3 is 2. The van der Waals surface area contributed by atoms with E-state index in [4.69, 9.17) is 18.7 Å². The van der Waals surface area contributed by atoms with Gasteiger partial charge in [0.1, 0.15) is 23.4 Å². The summed E-state index contributed by atoms with van der Waals surface area (Å²) in [6.45, 7) is 2.84. The molecule has 1 amide bonds. The van der Waals surface area contributed by atoms with Crippen molar-refractivity contribution in [1.29, 1.82) is 0 Å². The Labute approximate surface area is 174 Å². The number of benzene rings is 2. The van der Waals surface area contributed by atoms with E-state index < -0.39 is 0 Å². The average molecular weight is 409 g/mol. The van der Waals surface area contributed by atoms with Crippen molar-refractivity contribution < 1.29 is 23.5 Å². The Kier molecular flexibility index (Phi) is 5.56. The smallest absolute Gasteiger partial charge is 0.261 e. The van der Waals surface area contributed by atoms with Crippen LogP contribution in [-0.4, -0.2) is 54.4 Å². The van der Waals surface area contributed by atoms with Crippen molar-refractivity contribution in [3.05, 3.63) is 53.9 Å². The molecule has 1 aliphatic heterocycles. The van der Waals surface area contributed by atoms with Crippen LogP contribution in [0.3, 0.4) is 0 Å². The van der Waals surface area contributed by atoms with Crippen LogP contribution in [0.5, 0.6) is 17.2 Å². The molecule has 1 aromatic heterocycles. The Morgan fingerprint density at radius 1 is 1.13 bits per heavy atom. The molecular weight excluding hydrogens is 386 g/mol. The number of nitrogens with zero attached hydrogens (tertiary/aromatic N) is 3. The lowest BCUT2D eigenvalue weighted by Crippen LogP contribution is -2.31. The molecule has 1 saturated heterocycles. The first-order chi connectivity index (χ1) is 14.6. The fraction of sp³-hybridized carbons (Fsp3) is 0.318. The van der Waals surface area contributed by atoms with E-state index in [2.05, 4.69) is 10.1 Å². The zero-order valence-electron chi connectivity index (χ0n) is 17.1. The molecule has 0 bridgehead atoms. The fourth-order valence-corrected chi connectivity index (χ4v) is 3.49. The summed E-state index contributed by atoms with van der Waals surface area (Å²) in [5.74, 6) is 2.66. The van der Waals surface area contributed by atoms with Gasteiger partial charge in [-0.25, -0.2) is 0 Å². The number of para-hydroxylation sites is 1. The molecule has 0 radical (unpaired) electrons. The Morgan fingerprint density at radius 2 is 1.97 bits per heavy atom. The number of likely N-dealkylation sites (tertiary alicyclic amines) is 1. The normalized spacial score (nSPS) is 15.8. The summed E-state index contributed by atoms with van der Waals surface area (Å²) in [6, 6.07) is 12.7. The van der Waals surface area contributed by atoms with E-state index in [1.54, 1.807) is 37.1 Å². The van der Waals surface area contributed by atoms with E-state index in [1.807, 2.05) is 24.3 Å². The Balaban J connectivity index is 1.48. The van der Waals surface area contributed by atoms with Crippen molar-refractivity contribution in [2.45, 2.75) is 19.4 Å². The maximum atomic E-state index is 13.0. The fourth-order valence-electron chi connectivity index (χ4n) is 3.49. The first-order valence-corrected chi connectivity index (χ1v) is 9.66. The van der Waals surface area contributed by atoms with Crippen LogP contribution in [0.4, 0.5) is 0 Å². The third kappa shape index (κ3) is 3.94. The minimum Gasteiger partial charge on any atom is -0.497 e. The van der Waals surface area contributed by atoms with Gasteiger partial charge in [-0.2, -0.15) is 4.98 Å². The molecule has 8 nitrogen and oxygen atoms in total. The van der Waals surface area contributed by atoms with Crippen molar-refractivity contribution in [2.24, 2.45) is 0 Å². The first-order valence-electron chi connectivity index (χ1n) is 9.66. The molecule has 0 N–H and O–H groups in total. The van der Waals surface area contributed by atoms with Crippen LogP contribution in [0, 0.1) is 6.92 Å². The topological polar surface area (TPSA) is 86.9 Å². The summed E-state index contributed by atoms with van der Waals surface area (Å²) in [4.78, 5) is 19.1. The van der Waals surface area contributed by atoms with Gasteiger partial charge in [-0.15, -0.1) is 0 Å². The van der Waals surface area contributed by atoms with Crippen molar-refractivity contribution >= 4 is 5.91 Å². The molecule has 0 spiro atoms. The quantitative estimate of drug-likeness (QED) is 0.617. The highest BCUT2D eigenvalue weighted by atomic mass is 16.5. The highest BCUT2D eigenvalue weighted by Crippen LogP contribution is 2.31. The summed E-state index contributed by atoms with van der Waals surface area (Å²) < 4.78 is 22.1. The third-order valence-corrected chi connectivity index (χ3v) is 5.01. The van der Waals surface area contributed by atoms with E-state index in [-0.39, 0.29) is 12.0 Å². The largest absolute Gasteiger partial charge is 0.497 e. The summed E-state index contributed by atoms with van der Waals surface area (Å²) in [7, 11) is 3.11. The molecule has 8 heteroatoms. The summed E-state index contributed by atoms with van der Waals surface area (Å²) in [5, 5.41) is 3.85. The Bertz CT molecular complexity index is 1050. The molecule has 0 saturated carbocycles. The standard InChI is InChI=1S/C22H23N3O5/c1-14-23-21(30-24-14)17-6-4-5-7-19(17)29-16-10-11-25(13-16)22(26)18-9-8-15(27-2)12-20(18)28-3/h4-9,12,16H,10-11,13H2,1-3H3. The Morgan fingerprint density at radius 3 is 2.70 bits per heavy atom. The van der Waals surface area contributed by atoms with Gasteiger partial charge < -0.3 is 23.6 Å². The molecule has 4 rings (SSSR count). The molecule has 1 aliphatic rings. The van der Waals surface area contributed by atoms with Crippen molar-refractivity contribution in [3.8, 4) is 28.7 Å².